The van der Waals surface area contributed by atoms with Gasteiger partial charge in [0.05, 0.1) is 6.54 Å². The third kappa shape index (κ3) is 4.03. The zero-order chi connectivity index (χ0) is 13.5. The molecule has 19 heavy (non-hydrogen) atoms. The van der Waals surface area contributed by atoms with Crippen molar-refractivity contribution in [3.63, 3.8) is 0 Å². The highest BCUT2D eigenvalue weighted by atomic mass is 16.5. The zero-order valence-electron chi connectivity index (χ0n) is 11.2. The summed E-state index contributed by atoms with van der Waals surface area (Å²) in [6.45, 7) is 2.76. The van der Waals surface area contributed by atoms with Crippen LogP contribution < -0.4 is 10.1 Å². The first-order chi connectivity index (χ1) is 9.27. The topological polar surface area (TPSA) is 38.3 Å². The van der Waals surface area contributed by atoms with Crippen molar-refractivity contribution < 1.29 is 9.53 Å². The Balaban J connectivity index is 1.64. The molecule has 0 unspecified atom stereocenters. The average Bonchev–Trinajstić information content (AvgIpc) is 2.33. The lowest BCUT2D eigenvalue weighted by molar-refractivity contribution is -0.127. The molecule has 0 radical (unpaired) electrons. The quantitative estimate of drug-likeness (QED) is 0.840. The van der Waals surface area contributed by atoms with Crippen LogP contribution in [-0.4, -0.2) is 19.1 Å². The van der Waals surface area contributed by atoms with Crippen molar-refractivity contribution in [3.8, 4) is 17.6 Å². The van der Waals surface area contributed by atoms with Crippen molar-refractivity contribution in [2.75, 3.05) is 13.2 Å². The Morgan fingerprint density at radius 1 is 1.37 bits per heavy atom. The molecule has 0 atom stereocenters. The van der Waals surface area contributed by atoms with Crippen LogP contribution in [0.4, 0.5) is 0 Å². The van der Waals surface area contributed by atoms with E-state index in [0.29, 0.717) is 13.2 Å². The Morgan fingerprint density at radius 3 is 2.84 bits per heavy atom. The van der Waals surface area contributed by atoms with E-state index in [1.165, 1.54) is 6.42 Å². The third-order valence-electron chi connectivity index (χ3n) is 3.35. The average molecular weight is 257 g/mol. The van der Waals surface area contributed by atoms with Crippen LogP contribution in [0.5, 0.6) is 5.75 Å². The predicted octanol–water partition coefficient (Wildman–Crippen LogP) is 2.29. The largest absolute Gasteiger partial charge is 0.481 e. The van der Waals surface area contributed by atoms with Gasteiger partial charge in [-0.1, -0.05) is 36.5 Å². The fraction of sp³-hybridized carbons (Fsp3) is 0.438. The molecule has 0 aliphatic heterocycles. The lowest BCUT2D eigenvalue weighted by atomic mass is 9.85. The number of rotatable bonds is 4. The predicted molar refractivity (Wildman–Crippen MR) is 74.8 cm³/mol. The summed E-state index contributed by atoms with van der Waals surface area (Å²) in [6.07, 6.45) is 3.22. The van der Waals surface area contributed by atoms with E-state index in [-0.39, 0.29) is 11.8 Å². The van der Waals surface area contributed by atoms with Gasteiger partial charge in [0.25, 0.3) is 0 Å². The fourth-order valence-electron chi connectivity index (χ4n) is 1.89. The summed E-state index contributed by atoms with van der Waals surface area (Å²) < 4.78 is 5.54. The lowest BCUT2D eigenvalue weighted by Crippen LogP contribution is -2.34. The van der Waals surface area contributed by atoms with Gasteiger partial charge in [-0.05, 0) is 31.4 Å². The first kappa shape index (κ1) is 13.5. The highest BCUT2D eigenvalue weighted by molar-refractivity contribution is 5.79. The van der Waals surface area contributed by atoms with Crippen LogP contribution in [-0.2, 0) is 4.79 Å². The van der Waals surface area contributed by atoms with E-state index in [4.69, 9.17) is 4.74 Å². The number of nitrogens with one attached hydrogen (secondary N) is 1. The maximum Gasteiger partial charge on any atom is 0.223 e. The van der Waals surface area contributed by atoms with Gasteiger partial charge in [0.1, 0.15) is 12.4 Å². The van der Waals surface area contributed by atoms with Crippen molar-refractivity contribution in [3.05, 3.63) is 29.8 Å². The number of benzene rings is 1. The Bertz CT molecular complexity index is 495. The highest BCUT2D eigenvalue weighted by Gasteiger charge is 2.24. The van der Waals surface area contributed by atoms with Gasteiger partial charge in [0, 0.05) is 5.92 Å². The van der Waals surface area contributed by atoms with Gasteiger partial charge in [-0.25, -0.2) is 0 Å². The second-order valence-electron chi connectivity index (χ2n) is 4.75. The summed E-state index contributed by atoms with van der Waals surface area (Å²) in [7, 11) is 0. The number of carbonyl (C=O) groups excluding carboxylic acids is 1. The van der Waals surface area contributed by atoms with E-state index in [0.717, 1.165) is 24.2 Å². The Hall–Kier alpha value is -1.95. The van der Waals surface area contributed by atoms with Crippen LogP contribution >= 0.6 is 0 Å². The normalized spacial score (nSPS) is 13.9. The van der Waals surface area contributed by atoms with Crippen molar-refractivity contribution >= 4 is 5.91 Å². The first-order valence-corrected chi connectivity index (χ1v) is 6.69. The van der Waals surface area contributed by atoms with Gasteiger partial charge >= 0.3 is 0 Å². The summed E-state index contributed by atoms with van der Waals surface area (Å²) in [5.74, 6) is 7.03. The number of ether oxygens (including phenoxy) is 1. The molecule has 1 aromatic carbocycles. The van der Waals surface area contributed by atoms with Gasteiger partial charge in [-0.15, -0.1) is 0 Å². The summed E-state index contributed by atoms with van der Waals surface area (Å²) in [6, 6.07) is 7.84. The van der Waals surface area contributed by atoms with Crippen LogP contribution in [0, 0.1) is 24.7 Å². The van der Waals surface area contributed by atoms with Gasteiger partial charge in [-0.3, -0.25) is 4.79 Å². The molecule has 1 N–H and O–H groups in total. The molecule has 0 bridgehead atoms. The standard InChI is InChI=1S/C16H19NO2/c1-13-7-2-3-10-15(13)19-12-5-4-11-17-16(18)14-8-6-9-14/h2-3,7,10,14H,6,8-9,11-12H2,1H3,(H,17,18). The Morgan fingerprint density at radius 2 is 2.16 bits per heavy atom. The SMILES string of the molecule is Cc1ccccc1OCC#CCNC(=O)C1CCC1. The number of para-hydroxylation sites is 1. The molecule has 1 aliphatic carbocycles. The summed E-state index contributed by atoms with van der Waals surface area (Å²) >= 11 is 0. The maximum atomic E-state index is 11.5. The second kappa shape index (κ2) is 6.84. The number of aryl methyl sites for hydroxylation is 1. The molecule has 2 rings (SSSR count). The van der Waals surface area contributed by atoms with E-state index in [9.17, 15) is 4.79 Å². The molecule has 0 heterocycles. The molecule has 0 saturated heterocycles. The second-order valence-corrected chi connectivity index (χ2v) is 4.75. The van der Waals surface area contributed by atoms with E-state index in [2.05, 4.69) is 17.2 Å². The van der Waals surface area contributed by atoms with E-state index in [1.807, 2.05) is 31.2 Å². The van der Waals surface area contributed by atoms with Crippen molar-refractivity contribution in [1.29, 1.82) is 0 Å². The van der Waals surface area contributed by atoms with Crippen LogP contribution in [0.25, 0.3) is 0 Å². The van der Waals surface area contributed by atoms with Crippen LogP contribution in [0.15, 0.2) is 24.3 Å². The minimum Gasteiger partial charge on any atom is -0.481 e. The van der Waals surface area contributed by atoms with Gasteiger partial charge in [0.15, 0.2) is 0 Å². The summed E-state index contributed by atoms with van der Waals surface area (Å²) in [5, 5.41) is 2.83. The molecule has 1 aromatic rings. The Kier molecular flexibility index (Phi) is 4.85. The van der Waals surface area contributed by atoms with Gasteiger partial charge < -0.3 is 10.1 Å². The number of hydrogen-bond donors (Lipinski definition) is 1. The zero-order valence-corrected chi connectivity index (χ0v) is 11.2. The molecular formula is C16H19NO2. The van der Waals surface area contributed by atoms with Crippen molar-refractivity contribution in [1.82, 2.24) is 5.32 Å². The molecule has 0 spiro atoms. The monoisotopic (exact) mass is 257 g/mol. The lowest BCUT2D eigenvalue weighted by Gasteiger charge is -2.23. The van der Waals surface area contributed by atoms with Crippen LogP contribution in [0.3, 0.4) is 0 Å². The summed E-state index contributed by atoms with van der Waals surface area (Å²) in [4.78, 5) is 11.5. The number of amides is 1. The minimum absolute atomic E-state index is 0.139. The van der Waals surface area contributed by atoms with E-state index < -0.39 is 0 Å². The third-order valence-corrected chi connectivity index (χ3v) is 3.35. The van der Waals surface area contributed by atoms with Crippen molar-refractivity contribution in [2.45, 2.75) is 26.2 Å². The molecule has 3 nitrogen and oxygen atoms in total. The molecular weight excluding hydrogens is 238 g/mol. The first-order valence-electron chi connectivity index (χ1n) is 6.69. The highest BCUT2D eigenvalue weighted by Crippen LogP contribution is 2.25. The Labute approximate surface area is 114 Å². The molecule has 1 fully saturated rings. The molecule has 0 aromatic heterocycles. The molecule has 100 valence electrons. The minimum atomic E-state index is 0.139. The number of hydrogen-bond acceptors (Lipinski definition) is 2. The summed E-state index contributed by atoms with van der Waals surface area (Å²) in [5.41, 5.74) is 1.10. The van der Waals surface area contributed by atoms with Crippen LogP contribution in [0.1, 0.15) is 24.8 Å². The molecule has 1 aliphatic rings. The molecule has 1 saturated carbocycles. The number of carbonyl (C=O) groups is 1. The van der Waals surface area contributed by atoms with E-state index >= 15 is 0 Å². The molecule has 3 heteroatoms. The van der Waals surface area contributed by atoms with Gasteiger partial charge in [0.2, 0.25) is 5.91 Å². The smallest absolute Gasteiger partial charge is 0.223 e. The molecule has 1 amide bonds. The van der Waals surface area contributed by atoms with Crippen molar-refractivity contribution in [2.24, 2.45) is 5.92 Å². The van der Waals surface area contributed by atoms with E-state index in [1.54, 1.807) is 0 Å². The van der Waals surface area contributed by atoms with Crippen LogP contribution in [0.2, 0.25) is 0 Å². The fourth-order valence-corrected chi connectivity index (χ4v) is 1.89. The maximum absolute atomic E-state index is 11.5. The van der Waals surface area contributed by atoms with Gasteiger partial charge in [-0.2, -0.15) is 0 Å².